The van der Waals surface area contributed by atoms with Crippen molar-refractivity contribution in [2.24, 2.45) is 0 Å². The second-order valence-corrected chi connectivity index (χ2v) is 8.93. The lowest BCUT2D eigenvalue weighted by Crippen LogP contribution is -2.51. The number of aryl methyl sites for hydroxylation is 2. The quantitative estimate of drug-likeness (QED) is 0.420. The van der Waals surface area contributed by atoms with Crippen LogP contribution in [-0.2, 0) is 22.6 Å². The molecule has 0 bridgehead atoms. The van der Waals surface area contributed by atoms with Gasteiger partial charge in [0.25, 0.3) is 5.91 Å². The largest absolute Gasteiger partial charge is 0.483 e. The molecule has 0 spiro atoms. The molecule has 3 aromatic rings. The van der Waals surface area contributed by atoms with E-state index in [4.69, 9.17) is 4.74 Å². The summed E-state index contributed by atoms with van der Waals surface area (Å²) in [6, 6.07) is 22.9. The minimum Gasteiger partial charge on any atom is -0.483 e. The van der Waals surface area contributed by atoms with Gasteiger partial charge < -0.3 is 15.0 Å². The van der Waals surface area contributed by atoms with Crippen molar-refractivity contribution < 1.29 is 14.3 Å². The molecule has 0 fully saturated rings. The van der Waals surface area contributed by atoms with Crippen LogP contribution in [0.15, 0.2) is 72.8 Å². The maximum absolute atomic E-state index is 13.7. The third-order valence-electron chi connectivity index (χ3n) is 6.33. The molecular formula is C30H36N2O3. The number of nitrogens with zero attached hydrogens (tertiary/aromatic N) is 1. The first-order chi connectivity index (χ1) is 16.9. The lowest BCUT2D eigenvalue weighted by atomic mass is 10.0. The molecule has 184 valence electrons. The number of ether oxygens (including phenoxy) is 1. The topological polar surface area (TPSA) is 58.6 Å². The second-order valence-electron chi connectivity index (χ2n) is 8.93. The Balaban J connectivity index is 1.92. The number of carbonyl (C=O) groups is 2. The Morgan fingerprint density at radius 3 is 2.29 bits per heavy atom. The average Bonchev–Trinajstić information content (AvgIpc) is 2.87. The van der Waals surface area contributed by atoms with Gasteiger partial charge in [0.2, 0.25) is 5.91 Å². The number of nitrogens with one attached hydrogen (secondary N) is 1. The summed E-state index contributed by atoms with van der Waals surface area (Å²) in [4.78, 5) is 28.7. The molecular weight excluding hydrogens is 436 g/mol. The Morgan fingerprint density at radius 2 is 1.57 bits per heavy atom. The van der Waals surface area contributed by atoms with Crippen molar-refractivity contribution in [2.45, 2.75) is 53.1 Å². The summed E-state index contributed by atoms with van der Waals surface area (Å²) in [6.07, 6.45) is 1.25. The summed E-state index contributed by atoms with van der Waals surface area (Å²) in [5.41, 5.74) is 5.20. The Hall–Kier alpha value is -3.60. The molecule has 0 aliphatic rings. The maximum Gasteiger partial charge on any atom is 0.261 e. The van der Waals surface area contributed by atoms with Crippen molar-refractivity contribution in [2.75, 3.05) is 13.2 Å². The van der Waals surface area contributed by atoms with E-state index in [0.29, 0.717) is 25.3 Å². The number of hydrogen-bond donors (Lipinski definition) is 1. The Kier molecular flexibility index (Phi) is 9.47. The van der Waals surface area contributed by atoms with Gasteiger partial charge in [0, 0.05) is 19.5 Å². The first-order valence-electron chi connectivity index (χ1n) is 12.2. The van der Waals surface area contributed by atoms with Crippen LogP contribution in [0.3, 0.4) is 0 Å². The van der Waals surface area contributed by atoms with E-state index < -0.39 is 6.04 Å². The molecule has 1 atom stereocenters. The van der Waals surface area contributed by atoms with E-state index >= 15 is 0 Å². The maximum atomic E-state index is 13.7. The summed E-state index contributed by atoms with van der Waals surface area (Å²) in [7, 11) is 0. The van der Waals surface area contributed by atoms with Crippen LogP contribution in [0.5, 0.6) is 5.75 Å². The van der Waals surface area contributed by atoms with Gasteiger partial charge in [-0.2, -0.15) is 0 Å². The van der Waals surface area contributed by atoms with Crippen molar-refractivity contribution in [1.29, 1.82) is 0 Å². The monoisotopic (exact) mass is 472 g/mol. The van der Waals surface area contributed by atoms with Gasteiger partial charge in [-0.05, 0) is 61.1 Å². The molecule has 3 rings (SSSR count). The molecule has 1 N–H and O–H groups in total. The van der Waals surface area contributed by atoms with Gasteiger partial charge in [0.05, 0.1) is 0 Å². The Labute approximate surface area is 209 Å². The highest BCUT2D eigenvalue weighted by molar-refractivity contribution is 5.88. The molecule has 0 unspecified atom stereocenters. The zero-order valence-corrected chi connectivity index (χ0v) is 21.2. The molecule has 0 heterocycles. The van der Waals surface area contributed by atoms with Gasteiger partial charge in [0.15, 0.2) is 6.61 Å². The van der Waals surface area contributed by atoms with Crippen molar-refractivity contribution >= 4 is 11.8 Å². The lowest BCUT2D eigenvalue weighted by molar-refractivity contribution is -0.142. The molecule has 2 amide bonds. The number of amides is 2. The van der Waals surface area contributed by atoms with Gasteiger partial charge >= 0.3 is 0 Å². The summed E-state index contributed by atoms with van der Waals surface area (Å²) in [6.45, 7) is 8.80. The highest BCUT2D eigenvalue weighted by atomic mass is 16.5. The second kappa shape index (κ2) is 12.7. The predicted molar refractivity (Wildman–Crippen MR) is 140 cm³/mol. The highest BCUT2D eigenvalue weighted by Gasteiger charge is 2.30. The zero-order chi connectivity index (χ0) is 25.2. The van der Waals surface area contributed by atoms with Crippen LogP contribution in [-0.4, -0.2) is 35.9 Å². The van der Waals surface area contributed by atoms with Crippen LogP contribution in [0.4, 0.5) is 0 Å². The van der Waals surface area contributed by atoms with Gasteiger partial charge in [-0.3, -0.25) is 9.59 Å². The molecule has 35 heavy (non-hydrogen) atoms. The molecule has 0 saturated heterocycles. The molecule has 3 aromatic carbocycles. The van der Waals surface area contributed by atoms with E-state index in [0.717, 1.165) is 34.2 Å². The molecule has 0 aliphatic carbocycles. The summed E-state index contributed by atoms with van der Waals surface area (Å²) >= 11 is 0. The Bertz CT molecular complexity index is 1130. The van der Waals surface area contributed by atoms with E-state index in [1.165, 1.54) is 0 Å². The van der Waals surface area contributed by atoms with Gasteiger partial charge in [-0.1, -0.05) is 73.7 Å². The van der Waals surface area contributed by atoms with Crippen molar-refractivity contribution in [3.05, 3.63) is 101 Å². The van der Waals surface area contributed by atoms with Crippen molar-refractivity contribution in [1.82, 2.24) is 10.2 Å². The minimum absolute atomic E-state index is 0.136. The third kappa shape index (κ3) is 7.19. The fourth-order valence-corrected chi connectivity index (χ4v) is 3.99. The number of benzene rings is 3. The van der Waals surface area contributed by atoms with Crippen LogP contribution < -0.4 is 10.1 Å². The van der Waals surface area contributed by atoms with Crippen LogP contribution in [0.1, 0.15) is 41.2 Å². The van der Waals surface area contributed by atoms with E-state index in [9.17, 15) is 9.59 Å². The summed E-state index contributed by atoms with van der Waals surface area (Å²) in [5.74, 6) is 0.315. The average molecular weight is 473 g/mol. The smallest absolute Gasteiger partial charge is 0.261 e. The fraction of sp³-hybridized carbons (Fsp3) is 0.333. The highest BCUT2D eigenvalue weighted by Crippen LogP contribution is 2.22. The van der Waals surface area contributed by atoms with Gasteiger partial charge in [0.1, 0.15) is 11.8 Å². The van der Waals surface area contributed by atoms with Crippen LogP contribution in [0.25, 0.3) is 0 Å². The Morgan fingerprint density at radius 1 is 0.886 bits per heavy atom. The molecule has 0 radical (unpaired) electrons. The minimum atomic E-state index is -0.654. The molecule has 5 nitrogen and oxygen atoms in total. The van der Waals surface area contributed by atoms with Crippen LogP contribution in [0.2, 0.25) is 0 Å². The van der Waals surface area contributed by atoms with Crippen LogP contribution in [0, 0.1) is 20.8 Å². The SMILES string of the molecule is CCCNC(=O)[C@H](Cc1ccccc1)N(Cc1ccccc1C)C(=O)COc1cccc(C)c1C. The standard InChI is InChI=1S/C30H36N2O3/c1-5-18-31-30(34)27(19-25-14-7-6-8-15-25)32(20-26-16-10-9-12-23(26)3)29(33)21-35-28-17-11-13-22(2)24(28)4/h6-17,27H,5,18-21H2,1-4H3,(H,31,34)/t27-/m0/s1. The summed E-state index contributed by atoms with van der Waals surface area (Å²) < 4.78 is 5.97. The van der Waals surface area contributed by atoms with Crippen molar-refractivity contribution in [3.63, 3.8) is 0 Å². The summed E-state index contributed by atoms with van der Waals surface area (Å²) in [5, 5.41) is 3.01. The first kappa shape index (κ1) is 26.0. The molecule has 0 aliphatic heterocycles. The fourth-order valence-electron chi connectivity index (χ4n) is 3.99. The number of rotatable bonds is 11. The van der Waals surface area contributed by atoms with E-state index in [-0.39, 0.29) is 18.4 Å². The normalized spacial score (nSPS) is 11.5. The zero-order valence-electron chi connectivity index (χ0n) is 21.2. The predicted octanol–water partition coefficient (Wildman–Crippen LogP) is 5.16. The van der Waals surface area contributed by atoms with Crippen molar-refractivity contribution in [3.8, 4) is 5.75 Å². The first-order valence-corrected chi connectivity index (χ1v) is 12.2. The van der Waals surface area contributed by atoms with Gasteiger partial charge in [-0.25, -0.2) is 0 Å². The van der Waals surface area contributed by atoms with E-state index in [2.05, 4.69) is 5.32 Å². The van der Waals surface area contributed by atoms with Gasteiger partial charge in [-0.15, -0.1) is 0 Å². The number of carbonyl (C=O) groups excluding carboxylic acids is 2. The number of hydrogen-bond acceptors (Lipinski definition) is 3. The van der Waals surface area contributed by atoms with E-state index in [1.54, 1.807) is 4.90 Å². The molecule has 5 heteroatoms. The lowest BCUT2D eigenvalue weighted by Gasteiger charge is -2.32. The molecule has 0 aromatic heterocycles. The van der Waals surface area contributed by atoms with Crippen LogP contribution >= 0.6 is 0 Å². The van der Waals surface area contributed by atoms with E-state index in [1.807, 2.05) is 100 Å². The molecule has 0 saturated carbocycles. The third-order valence-corrected chi connectivity index (χ3v) is 6.33.